The van der Waals surface area contributed by atoms with Crippen molar-refractivity contribution in [1.29, 1.82) is 0 Å². The number of aryl methyl sites for hydroxylation is 1. The molecule has 0 aromatic carbocycles. The second-order valence-corrected chi connectivity index (χ2v) is 3.39. The predicted octanol–water partition coefficient (Wildman–Crippen LogP) is 0.895. The lowest BCUT2D eigenvalue weighted by Gasteiger charge is -2.11. The van der Waals surface area contributed by atoms with E-state index in [-0.39, 0.29) is 0 Å². The standard InChI is InChI=1S/C8H15N3O/c1-6(2)4-7(12)8-9-5-10-11(8)3/h5-7,12H,4H2,1-3H3. The summed E-state index contributed by atoms with van der Waals surface area (Å²) in [5, 5.41) is 13.5. The summed E-state index contributed by atoms with van der Waals surface area (Å²) < 4.78 is 1.60. The van der Waals surface area contributed by atoms with Gasteiger partial charge in [0.15, 0.2) is 5.82 Å². The summed E-state index contributed by atoms with van der Waals surface area (Å²) in [5.41, 5.74) is 0. The van der Waals surface area contributed by atoms with E-state index in [0.29, 0.717) is 11.7 Å². The topological polar surface area (TPSA) is 50.9 Å². The van der Waals surface area contributed by atoms with E-state index in [1.807, 2.05) is 0 Å². The lowest BCUT2D eigenvalue weighted by molar-refractivity contribution is 0.137. The Bertz CT molecular complexity index is 244. The molecule has 1 unspecified atom stereocenters. The third-order valence-corrected chi connectivity index (χ3v) is 1.74. The normalized spacial score (nSPS) is 13.8. The van der Waals surface area contributed by atoms with Crippen molar-refractivity contribution in [3.63, 3.8) is 0 Å². The monoisotopic (exact) mass is 169 g/mol. The van der Waals surface area contributed by atoms with Gasteiger partial charge in [-0.1, -0.05) is 13.8 Å². The molecule has 0 spiro atoms. The molecule has 1 N–H and O–H groups in total. The highest BCUT2D eigenvalue weighted by Crippen LogP contribution is 2.17. The maximum Gasteiger partial charge on any atom is 0.155 e. The Kier molecular flexibility index (Phi) is 2.81. The van der Waals surface area contributed by atoms with Crippen LogP contribution in [-0.2, 0) is 7.05 Å². The highest BCUT2D eigenvalue weighted by atomic mass is 16.3. The van der Waals surface area contributed by atoms with Crippen LogP contribution >= 0.6 is 0 Å². The van der Waals surface area contributed by atoms with Crippen molar-refractivity contribution < 1.29 is 5.11 Å². The van der Waals surface area contributed by atoms with Gasteiger partial charge in [0.1, 0.15) is 12.4 Å². The number of aliphatic hydroxyl groups is 1. The first-order valence-electron chi connectivity index (χ1n) is 4.13. The fourth-order valence-corrected chi connectivity index (χ4v) is 1.16. The van der Waals surface area contributed by atoms with E-state index in [1.165, 1.54) is 6.33 Å². The first kappa shape index (κ1) is 9.19. The second kappa shape index (κ2) is 3.67. The molecule has 4 heteroatoms. The van der Waals surface area contributed by atoms with Crippen LogP contribution in [0.4, 0.5) is 0 Å². The van der Waals surface area contributed by atoms with E-state index in [0.717, 1.165) is 6.42 Å². The molecule has 0 radical (unpaired) electrons. The molecule has 0 saturated heterocycles. The lowest BCUT2D eigenvalue weighted by atomic mass is 10.1. The molecule has 0 fully saturated rings. The predicted molar refractivity (Wildman–Crippen MR) is 45.4 cm³/mol. The zero-order chi connectivity index (χ0) is 9.14. The molecule has 0 aliphatic heterocycles. The Balaban J connectivity index is 2.65. The van der Waals surface area contributed by atoms with Crippen LogP contribution in [0.15, 0.2) is 6.33 Å². The molecule has 0 saturated carbocycles. The smallest absolute Gasteiger partial charge is 0.155 e. The number of nitrogens with zero attached hydrogens (tertiary/aromatic N) is 3. The van der Waals surface area contributed by atoms with Crippen molar-refractivity contribution in [1.82, 2.24) is 14.8 Å². The van der Waals surface area contributed by atoms with Crippen LogP contribution in [0.5, 0.6) is 0 Å². The lowest BCUT2D eigenvalue weighted by Crippen LogP contribution is -2.08. The summed E-state index contributed by atoms with van der Waals surface area (Å²) in [6, 6.07) is 0. The van der Waals surface area contributed by atoms with Crippen molar-refractivity contribution in [3.05, 3.63) is 12.2 Å². The van der Waals surface area contributed by atoms with Gasteiger partial charge in [-0.15, -0.1) is 0 Å². The van der Waals surface area contributed by atoms with Crippen LogP contribution < -0.4 is 0 Å². The van der Waals surface area contributed by atoms with E-state index in [9.17, 15) is 5.11 Å². The van der Waals surface area contributed by atoms with Gasteiger partial charge in [-0.3, -0.25) is 4.68 Å². The average Bonchev–Trinajstić information content (AvgIpc) is 2.33. The minimum absolute atomic E-state index is 0.469. The summed E-state index contributed by atoms with van der Waals surface area (Å²) in [7, 11) is 1.78. The van der Waals surface area contributed by atoms with E-state index in [2.05, 4.69) is 23.9 Å². The van der Waals surface area contributed by atoms with Crippen LogP contribution in [0.25, 0.3) is 0 Å². The molecule has 68 valence electrons. The molecular weight excluding hydrogens is 154 g/mol. The molecule has 1 aromatic heterocycles. The number of rotatable bonds is 3. The van der Waals surface area contributed by atoms with E-state index in [1.54, 1.807) is 11.7 Å². The van der Waals surface area contributed by atoms with Crippen LogP contribution in [0, 0.1) is 5.92 Å². The minimum atomic E-state index is -0.488. The number of hydrogen-bond acceptors (Lipinski definition) is 3. The van der Waals surface area contributed by atoms with Gasteiger partial charge < -0.3 is 5.11 Å². The number of aromatic nitrogens is 3. The zero-order valence-corrected chi connectivity index (χ0v) is 7.73. The molecule has 12 heavy (non-hydrogen) atoms. The van der Waals surface area contributed by atoms with E-state index in [4.69, 9.17) is 0 Å². The Morgan fingerprint density at radius 2 is 2.25 bits per heavy atom. The van der Waals surface area contributed by atoms with Crippen LogP contribution in [0.2, 0.25) is 0 Å². The third kappa shape index (κ3) is 2.04. The summed E-state index contributed by atoms with van der Waals surface area (Å²) >= 11 is 0. The molecule has 1 heterocycles. The maximum atomic E-state index is 9.64. The van der Waals surface area contributed by atoms with Gasteiger partial charge in [0.25, 0.3) is 0 Å². The van der Waals surface area contributed by atoms with Crippen LogP contribution in [-0.4, -0.2) is 19.9 Å². The summed E-state index contributed by atoms with van der Waals surface area (Å²) in [6.07, 6.45) is 1.70. The first-order valence-corrected chi connectivity index (χ1v) is 4.13. The Morgan fingerprint density at radius 1 is 1.58 bits per heavy atom. The van der Waals surface area contributed by atoms with E-state index < -0.39 is 6.10 Å². The first-order chi connectivity index (χ1) is 5.61. The number of aliphatic hydroxyl groups excluding tert-OH is 1. The quantitative estimate of drug-likeness (QED) is 0.731. The molecule has 1 aromatic rings. The van der Waals surface area contributed by atoms with Crippen molar-refractivity contribution in [2.75, 3.05) is 0 Å². The average molecular weight is 169 g/mol. The van der Waals surface area contributed by atoms with Gasteiger partial charge in [-0.05, 0) is 12.3 Å². The van der Waals surface area contributed by atoms with E-state index >= 15 is 0 Å². The highest BCUT2D eigenvalue weighted by molar-refractivity contribution is 4.89. The molecular formula is C8H15N3O. The second-order valence-electron chi connectivity index (χ2n) is 3.39. The molecule has 0 bridgehead atoms. The Morgan fingerprint density at radius 3 is 2.67 bits per heavy atom. The van der Waals surface area contributed by atoms with Crippen molar-refractivity contribution in [3.8, 4) is 0 Å². The van der Waals surface area contributed by atoms with Crippen molar-refractivity contribution in [2.45, 2.75) is 26.4 Å². The van der Waals surface area contributed by atoms with Crippen molar-refractivity contribution in [2.24, 2.45) is 13.0 Å². The van der Waals surface area contributed by atoms with Gasteiger partial charge in [0.05, 0.1) is 0 Å². The van der Waals surface area contributed by atoms with Gasteiger partial charge in [-0.25, -0.2) is 4.98 Å². The number of hydrogen-bond donors (Lipinski definition) is 1. The summed E-state index contributed by atoms with van der Waals surface area (Å²) in [4.78, 5) is 3.97. The fourth-order valence-electron chi connectivity index (χ4n) is 1.16. The Labute approximate surface area is 72.2 Å². The summed E-state index contributed by atoms with van der Waals surface area (Å²) in [5.74, 6) is 1.11. The minimum Gasteiger partial charge on any atom is -0.385 e. The van der Waals surface area contributed by atoms with Crippen LogP contribution in [0.1, 0.15) is 32.2 Å². The van der Waals surface area contributed by atoms with Gasteiger partial charge in [0.2, 0.25) is 0 Å². The zero-order valence-electron chi connectivity index (χ0n) is 7.73. The SMILES string of the molecule is CC(C)CC(O)c1ncnn1C. The van der Waals surface area contributed by atoms with Crippen molar-refractivity contribution >= 4 is 0 Å². The van der Waals surface area contributed by atoms with Gasteiger partial charge in [0, 0.05) is 7.05 Å². The molecule has 0 aliphatic rings. The van der Waals surface area contributed by atoms with Crippen LogP contribution in [0.3, 0.4) is 0 Å². The molecule has 4 nitrogen and oxygen atoms in total. The fraction of sp³-hybridized carbons (Fsp3) is 0.750. The summed E-state index contributed by atoms with van der Waals surface area (Å²) in [6.45, 7) is 4.14. The molecule has 0 aliphatic carbocycles. The largest absolute Gasteiger partial charge is 0.385 e. The Hall–Kier alpha value is -0.900. The third-order valence-electron chi connectivity index (χ3n) is 1.74. The maximum absolute atomic E-state index is 9.64. The molecule has 0 amide bonds. The molecule has 1 atom stereocenters. The van der Waals surface area contributed by atoms with Gasteiger partial charge in [-0.2, -0.15) is 5.10 Å². The molecule has 1 rings (SSSR count). The van der Waals surface area contributed by atoms with Gasteiger partial charge >= 0.3 is 0 Å². The highest BCUT2D eigenvalue weighted by Gasteiger charge is 2.13.